The van der Waals surface area contributed by atoms with Gasteiger partial charge < -0.3 is 9.47 Å². The molecule has 30 heavy (non-hydrogen) atoms. The molecule has 164 valence electrons. The zero-order chi connectivity index (χ0) is 21.9. The second-order valence-corrected chi connectivity index (χ2v) is 9.31. The summed E-state index contributed by atoms with van der Waals surface area (Å²) < 4.78 is 38.9. The largest absolute Gasteiger partial charge is 0.347 e. The third-order valence-electron chi connectivity index (χ3n) is 4.58. The van der Waals surface area contributed by atoms with Gasteiger partial charge in [0.15, 0.2) is 5.79 Å². The van der Waals surface area contributed by atoms with Crippen LogP contribution in [0.2, 0.25) is 0 Å². The van der Waals surface area contributed by atoms with Crippen LogP contribution in [0.25, 0.3) is 5.69 Å². The number of rotatable bonds is 7. The molecular formula is C18H25N5O6S. The second kappa shape index (κ2) is 8.76. The Kier molecular flexibility index (Phi) is 6.50. The van der Waals surface area contributed by atoms with Gasteiger partial charge in [-0.15, -0.1) is 0 Å². The molecule has 0 saturated carbocycles. The zero-order valence-electron chi connectivity index (χ0n) is 17.3. The van der Waals surface area contributed by atoms with E-state index < -0.39 is 27.8 Å². The lowest BCUT2D eigenvalue weighted by Gasteiger charge is -2.40. The molecule has 1 saturated heterocycles. The van der Waals surface area contributed by atoms with Crippen molar-refractivity contribution in [2.75, 3.05) is 19.9 Å². The van der Waals surface area contributed by atoms with Gasteiger partial charge in [-0.2, -0.15) is 4.68 Å². The summed E-state index contributed by atoms with van der Waals surface area (Å²) in [4.78, 5) is 17.1. The molecule has 1 fully saturated rings. The molecule has 0 N–H and O–H groups in total. The molecule has 2 heterocycles. The van der Waals surface area contributed by atoms with Crippen LogP contribution in [0, 0.1) is 0 Å². The van der Waals surface area contributed by atoms with Crippen molar-refractivity contribution in [2.45, 2.75) is 49.8 Å². The van der Waals surface area contributed by atoms with E-state index in [-0.39, 0.29) is 29.7 Å². The minimum Gasteiger partial charge on any atom is -0.347 e. The molecule has 0 aliphatic carbocycles. The predicted molar refractivity (Wildman–Crippen MR) is 104 cm³/mol. The van der Waals surface area contributed by atoms with Crippen LogP contribution in [-0.2, 0) is 28.9 Å². The first-order valence-electron chi connectivity index (χ1n) is 9.34. The van der Waals surface area contributed by atoms with E-state index in [0.717, 1.165) is 5.06 Å². The molecule has 2 unspecified atom stereocenters. The summed E-state index contributed by atoms with van der Waals surface area (Å²) in [5.74, 6) is -1.69. The van der Waals surface area contributed by atoms with Crippen molar-refractivity contribution in [3.8, 4) is 5.69 Å². The molecule has 3 rings (SSSR count). The van der Waals surface area contributed by atoms with Gasteiger partial charge in [0.1, 0.15) is 0 Å². The van der Waals surface area contributed by atoms with Gasteiger partial charge in [-0.05, 0) is 36.4 Å². The lowest BCUT2D eigenvalue weighted by molar-refractivity contribution is -0.295. The van der Waals surface area contributed by atoms with Gasteiger partial charge in [0.05, 0.1) is 37.2 Å². The van der Waals surface area contributed by atoms with E-state index in [0.29, 0.717) is 5.69 Å². The fourth-order valence-corrected chi connectivity index (χ4v) is 4.70. The number of benzene rings is 1. The second-order valence-electron chi connectivity index (χ2n) is 7.38. The summed E-state index contributed by atoms with van der Waals surface area (Å²) in [6, 6.07) is 8.74. The molecular weight excluding hydrogens is 414 g/mol. The Labute approximate surface area is 174 Å². The Morgan fingerprint density at radius 1 is 1.27 bits per heavy atom. The molecule has 1 aromatic heterocycles. The molecule has 1 aliphatic heterocycles. The van der Waals surface area contributed by atoms with Crippen LogP contribution >= 0.6 is 0 Å². The molecule has 0 spiro atoms. The molecule has 2 aromatic rings. The molecule has 1 aliphatic rings. The Balaban J connectivity index is 1.78. The SMILES string of the molecule is CON(C)C(=O)CC1CC(CS(=O)(=O)c2nnnn2-c2ccccc2)OC(C)(C)O1. The maximum absolute atomic E-state index is 13.1. The Hall–Kier alpha value is -2.41. The van der Waals surface area contributed by atoms with Crippen molar-refractivity contribution in [3.05, 3.63) is 30.3 Å². The number of carbonyl (C=O) groups is 1. The van der Waals surface area contributed by atoms with Crippen LogP contribution in [0.1, 0.15) is 26.7 Å². The van der Waals surface area contributed by atoms with E-state index in [1.54, 1.807) is 38.1 Å². The highest BCUT2D eigenvalue weighted by Gasteiger charge is 2.40. The number of nitrogens with zero attached hydrogens (tertiary/aromatic N) is 5. The lowest BCUT2D eigenvalue weighted by atomic mass is 10.1. The minimum atomic E-state index is -3.89. The van der Waals surface area contributed by atoms with Crippen molar-refractivity contribution in [1.29, 1.82) is 0 Å². The number of amides is 1. The summed E-state index contributed by atoms with van der Waals surface area (Å²) in [7, 11) is -1.01. The van der Waals surface area contributed by atoms with E-state index in [2.05, 4.69) is 15.5 Å². The number of tetrazole rings is 1. The molecule has 11 nitrogen and oxygen atoms in total. The van der Waals surface area contributed by atoms with Gasteiger partial charge in [-0.25, -0.2) is 13.5 Å². The average molecular weight is 439 g/mol. The number of ether oxygens (including phenoxy) is 2. The van der Waals surface area contributed by atoms with Crippen molar-refractivity contribution >= 4 is 15.7 Å². The van der Waals surface area contributed by atoms with E-state index in [9.17, 15) is 13.2 Å². The van der Waals surface area contributed by atoms with Crippen molar-refractivity contribution in [3.63, 3.8) is 0 Å². The zero-order valence-corrected chi connectivity index (χ0v) is 18.1. The van der Waals surface area contributed by atoms with Crippen LogP contribution < -0.4 is 0 Å². The first kappa shape index (κ1) is 22.3. The number of aromatic nitrogens is 4. The fourth-order valence-electron chi connectivity index (χ4n) is 3.30. The van der Waals surface area contributed by atoms with Crippen molar-refractivity contribution < 1.29 is 27.5 Å². The van der Waals surface area contributed by atoms with Gasteiger partial charge in [0.25, 0.3) is 5.16 Å². The monoisotopic (exact) mass is 439 g/mol. The van der Waals surface area contributed by atoms with Crippen LogP contribution in [0.4, 0.5) is 0 Å². The van der Waals surface area contributed by atoms with Gasteiger partial charge in [-0.1, -0.05) is 23.3 Å². The van der Waals surface area contributed by atoms with E-state index in [1.165, 1.54) is 18.8 Å². The quantitative estimate of drug-likeness (QED) is 0.575. The number of sulfone groups is 1. The first-order chi connectivity index (χ1) is 14.1. The Morgan fingerprint density at radius 3 is 2.60 bits per heavy atom. The summed E-state index contributed by atoms with van der Waals surface area (Å²) in [6.45, 7) is 3.36. The van der Waals surface area contributed by atoms with Crippen LogP contribution in [0.5, 0.6) is 0 Å². The Bertz CT molecular complexity index is 978. The number of hydroxylamine groups is 2. The first-order valence-corrected chi connectivity index (χ1v) is 11.0. The standard InChI is InChI=1S/C18H25N5O6S/c1-18(2)28-14(11-16(24)22(3)27-4)10-15(29-18)12-30(25,26)17-19-20-21-23(17)13-8-6-5-7-9-13/h5-9,14-15H,10-12H2,1-4H3. The normalized spacial score (nSPS) is 21.3. The van der Waals surface area contributed by atoms with Crippen molar-refractivity contribution in [1.82, 2.24) is 25.3 Å². The third-order valence-corrected chi connectivity index (χ3v) is 6.20. The summed E-state index contributed by atoms with van der Waals surface area (Å²) >= 11 is 0. The molecule has 0 bridgehead atoms. The molecule has 1 aromatic carbocycles. The Morgan fingerprint density at radius 2 is 1.93 bits per heavy atom. The van der Waals surface area contributed by atoms with Crippen LogP contribution in [-0.4, -0.2) is 77.5 Å². The minimum absolute atomic E-state index is 0.0371. The van der Waals surface area contributed by atoms with Crippen LogP contribution in [0.3, 0.4) is 0 Å². The number of hydrogen-bond acceptors (Lipinski definition) is 9. The van der Waals surface area contributed by atoms with Gasteiger partial charge in [0.2, 0.25) is 15.7 Å². The molecule has 0 radical (unpaired) electrons. The highest BCUT2D eigenvalue weighted by Crippen LogP contribution is 2.30. The highest BCUT2D eigenvalue weighted by molar-refractivity contribution is 7.91. The van der Waals surface area contributed by atoms with Crippen LogP contribution in [0.15, 0.2) is 35.5 Å². The molecule has 2 atom stereocenters. The summed E-state index contributed by atoms with van der Waals surface area (Å²) in [6.07, 6.45) is -0.969. The van der Waals surface area contributed by atoms with E-state index in [1.807, 2.05) is 6.07 Å². The maximum atomic E-state index is 13.1. The molecule has 1 amide bonds. The van der Waals surface area contributed by atoms with E-state index in [4.69, 9.17) is 14.3 Å². The van der Waals surface area contributed by atoms with Gasteiger partial charge >= 0.3 is 0 Å². The highest BCUT2D eigenvalue weighted by atomic mass is 32.2. The third kappa shape index (κ3) is 5.19. The number of para-hydroxylation sites is 1. The van der Waals surface area contributed by atoms with Gasteiger partial charge in [-0.3, -0.25) is 9.63 Å². The average Bonchev–Trinajstić information content (AvgIpc) is 3.17. The summed E-state index contributed by atoms with van der Waals surface area (Å²) in [5, 5.41) is 11.9. The van der Waals surface area contributed by atoms with Crippen molar-refractivity contribution in [2.24, 2.45) is 0 Å². The number of hydrogen-bond donors (Lipinski definition) is 0. The smallest absolute Gasteiger partial charge is 0.272 e. The lowest BCUT2D eigenvalue weighted by Crippen LogP contribution is -2.48. The molecule has 12 heteroatoms. The predicted octanol–water partition coefficient (Wildman–Crippen LogP) is 0.756. The summed E-state index contributed by atoms with van der Waals surface area (Å²) in [5.41, 5.74) is 0.528. The van der Waals surface area contributed by atoms with E-state index >= 15 is 0 Å². The number of carbonyl (C=O) groups excluding carboxylic acids is 1. The topological polar surface area (TPSA) is 126 Å². The maximum Gasteiger partial charge on any atom is 0.272 e. The fraction of sp³-hybridized carbons (Fsp3) is 0.556. The van der Waals surface area contributed by atoms with Gasteiger partial charge in [0, 0.05) is 13.5 Å².